The highest BCUT2D eigenvalue weighted by atomic mass is 14.4. The van der Waals surface area contributed by atoms with Gasteiger partial charge in [-0.05, 0) is 112 Å². The van der Waals surface area contributed by atoms with Crippen LogP contribution in [0.2, 0.25) is 0 Å². The van der Waals surface area contributed by atoms with Crippen molar-refractivity contribution in [3.8, 4) is 22.3 Å². The summed E-state index contributed by atoms with van der Waals surface area (Å²) in [5, 5.41) is 4.85. The lowest BCUT2D eigenvalue weighted by Gasteiger charge is -2.15. The Labute approximate surface area is 235 Å². The van der Waals surface area contributed by atoms with Gasteiger partial charge >= 0.3 is 0 Å². The smallest absolute Gasteiger partial charge is 0.0102 e. The summed E-state index contributed by atoms with van der Waals surface area (Å²) in [6.45, 7) is 15.3. The molecule has 0 aromatic heterocycles. The Kier molecular flexibility index (Phi) is 10.8. The predicted octanol–water partition coefficient (Wildman–Crippen LogP) is 8.97. The van der Waals surface area contributed by atoms with Gasteiger partial charge in [-0.25, -0.2) is 0 Å². The van der Waals surface area contributed by atoms with Crippen molar-refractivity contribution < 1.29 is 0 Å². The fourth-order valence-electron chi connectivity index (χ4n) is 5.01. The maximum atomic E-state index is 4.50. The number of benzene rings is 4. The molecule has 0 saturated carbocycles. The Morgan fingerprint density at radius 2 is 1.51 bits per heavy atom. The molecule has 4 rings (SSSR count). The standard InChI is InChI=1S/C37H38.CH5N/c1-7-10-11-15-26(4)29(8-2)24-36-28(6)27(5)30(9-3)25-37(36)33-22-20-32(21-23-33)35-19-14-17-31-16-12-13-18-34(31)35;1-2/h9-25H,5,7-8H2,1-4,6H3;2H2,1H3/b11-10-,26-15+,29-24+,30-9-;. The summed E-state index contributed by atoms with van der Waals surface area (Å²) in [5.74, 6) is 0. The van der Waals surface area contributed by atoms with Gasteiger partial charge in [-0.1, -0.05) is 118 Å². The summed E-state index contributed by atoms with van der Waals surface area (Å²) >= 11 is 0. The summed E-state index contributed by atoms with van der Waals surface area (Å²) in [4.78, 5) is 0. The minimum absolute atomic E-state index is 0.981. The molecule has 0 heterocycles. The van der Waals surface area contributed by atoms with Crippen molar-refractivity contribution in [1.29, 1.82) is 0 Å². The van der Waals surface area contributed by atoms with Crippen LogP contribution in [0.5, 0.6) is 0 Å². The molecule has 0 spiro atoms. The molecule has 1 nitrogen and oxygen atoms in total. The lowest BCUT2D eigenvalue weighted by atomic mass is 9.89. The van der Waals surface area contributed by atoms with Gasteiger partial charge in [0, 0.05) is 0 Å². The maximum Gasteiger partial charge on any atom is -0.0102 e. The van der Waals surface area contributed by atoms with E-state index in [1.807, 2.05) is 0 Å². The average Bonchev–Trinajstić information content (AvgIpc) is 2.99. The van der Waals surface area contributed by atoms with Gasteiger partial charge in [-0.3, -0.25) is 0 Å². The first-order chi connectivity index (χ1) is 19.0. The number of nitrogens with two attached hydrogens (primary N) is 1. The zero-order chi connectivity index (χ0) is 28.4. The molecule has 0 aliphatic heterocycles. The summed E-state index contributed by atoms with van der Waals surface area (Å²) < 4.78 is 0. The molecule has 0 unspecified atom stereocenters. The molecule has 2 N–H and O–H groups in total. The van der Waals surface area contributed by atoms with Gasteiger partial charge in [0.25, 0.3) is 0 Å². The van der Waals surface area contributed by atoms with E-state index in [1.54, 1.807) is 0 Å². The second kappa shape index (κ2) is 14.3. The van der Waals surface area contributed by atoms with Crippen molar-refractivity contribution in [2.24, 2.45) is 5.73 Å². The highest BCUT2D eigenvalue weighted by Crippen LogP contribution is 2.32. The van der Waals surface area contributed by atoms with Gasteiger partial charge in [-0.15, -0.1) is 0 Å². The largest absolute Gasteiger partial charge is 0.333 e. The number of hydrogen-bond donors (Lipinski definition) is 1. The van der Waals surface area contributed by atoms with Crippen molar-refractivity contribution in [3.05, 3.63) is 124 Å². The number of fused-ring (bicyclic) bond motifs is 1. The molecule has 4 aromatic rings. The zero-order valence-electron chi connectivity index (χ0n) is 24.5. The second-order valence-corrected chi connectivity index (χ2v) is 9.63. The van der Waals surface area contributed by atoms with E-state index in [9.17, 15) is 0 Å². The van der Waals surface area contributed by atoms with Gasteiger partial charge in [0.1, 0.15) is 0 Å². The fourth-order valence-corrected chi connectivity index (χ4v) is 5.01. The van der Waals surface area contributed by atoms with E-state index in [4.69, 9.17) is 0 Å². The van der Waals surface area contributed by atoms with E-state index < -0.39 is 0 Å². The van der Waals surface area contributed by atoms with Crippen LogP contribution in [0.25, 0.3) is 51.8 Å². The molecule has 0 saturated heterocycles. The molecule has 0 amide bonds. The van der Waals surface area contributed by atoms with Crippen molar-refractivity contribution >= 4 is 29.5 Å². The Bertz CT molecular complexity index is 1610. The van der Waals surface area contributed by atoms with Crippen molar-refractivity contribution in [3.63, 3.8) is 0 Å². The first-order valence-electron chi connectivity index (χ1n) is 14.0. The van der Waals surface area contributed by atoms with E-state index in [0.29, 0.717) is 0 Å². The molecule has 0 aliphatic rings. The Morgan fingerprint density at radius 3 is 2.15 bits per heavy atom. The van der Waals surface area contributed by atoms with Crippen LogP contribution in [-0.2, 0) is 0 Å². The molecule has 0 radical (unpaired) electrons. The maximum absolute atomic E-state index is 4.50. The lowest BCUT2D eigenvalue weighted by molar-refractivity contribution is 1.11. The van der Waals surface area contributed by atoms with Crippen LogP contribution in [0.3, 0.4) is 0 Å². The van der Waals surface area contributed by atoms with E-state index in [-0.39, 0.29) is 0 Å². The topological polar surface area (TPSA) is 26.0 Å². The number of rotatable bonds is 7. The first-order valence-corrected chi connectivity index (χ1v) is 14.0. The molecule has 1 heteroatoms. The van der Waals surface area contributed by atoms with E-state index in [2.05, 4.69) is 150 Å². The highest BCUT2D eigenvalue weighted by Gasteiger charge is 2.11. The Balaban J connectivity index is 0.00000205. The zero-order valence-corrected chi connectivity index (χ0v) is 24.5. The van der Waals surface area contributed by atoms with Gasteiger partial charge in [0.2, 0.25) is 0 Å². The molecule has 0 aliphatic carbocycles. The van der Waals surface area contributed by atoms with Crippen molar-refractivity contribution in [2.75, 3.05) is 7.05 Å². The van der Waals surface area contributed by atoms with E-state index in [1.165, 1.54) is 67.6 Å². The molecule has 0 atom stereocenters. The van der Waals surface area contributed by atoms with Crippen LogP contribution in [0.15, 0.2) is 102 Å². The quantitative estimate of drug-likeness (QED) is 0.245. The molecule has 0 fully saturated rings. The lowest BCUT2D eigenvalue weighted by Crippen LogP contribution is -2.27. The molecule has 4 aromatic carbocycles. The van der Waals surface area contributed by atoms with Crippen LogP contribution >= 0.6 is 0 Å². The molecule has 200 valence electrons. The minimum Gasteiger partial charge on any atom is -0.333 e. The van der Waals surface area contributed by atoms with Crippen LogP contribution < -0.4 is 16.2 Å². The molecule has 39 heavy (non-hydrogen) atoms. The third-order valence-electron chi connectivity index (χ3n) is 7.33. The molecular formula is C38H43N. The van der Waals surface area contributed by atoms with Crippen LogP contribution in [-0.4, -0.2) is 7.05 Å². The predicted molar refractivity (Wildman–Crippen MR) is 176 cm³/mol. The van der Waals surface area contributed by atoms with E-state index >= 15 is 0 Å². The summed E-state index contributed by atoms with van der Waals surface area (Å²) in [7, 11) is 1.50. The third kappa shape index (κ3) is 6.74. The van der Waals surface area contributed by atoms with Gasteiger partial charge in [-0.2, -0.15) is 0 Å². The fraction of sp³-hybridized carbons (Fsp3) is 0.211. The van der Waals surface area contributed by atoms with E-state index in [0.717, 1.165) is 18.1 Å². The SMILES string of the molecule is C=c1c(C)c(/C=C(CC)/C(C)=C/C=C\CC)c(-c2ccc(-c3cccc4ccccc34)cc2)c/c1=C/C.CN. The molecule has 0 bridgehead atoms. The second-order valence-electron chi connectivity index (χ2n) is 9.63. The summed E-state index contributed by atoms with van der Waals surface area (Å²) in [6.07, 6.45) is 13.2. The third-order valence-corrected chi connectivity index (χ3v) is 7.33. The average molecular weight is 514 g/mol. The normalized spacial score (nSPS) is 12.6. The highest BCUT2D eigenvalue weighted by molar-refractivity contribution is 5.97. The number of hydrogen-bond acceptors (Lipinski definition) is 1. The van der Waals surface area contributed by atoms with Gasteiger partial charge < -0.3 is 5.73 Å². The Hall–Kier alpha value is -3.94. The molecular weight excluding hydrogens is 470 g/mol. The van der Waals surface area contributed by atoms with Crippen LogP contribution in [0.4, 0.5) is 0 Å². The van der Waals surface area contributed by atoms with Crippen LogP contribution in [0, 0.1) is 6.92 Å². The monoisotopic (exact) mass is 513 g/mol. The van der Waals surface area contributed by atoms with Crippen molar-refractivity contribution in [2.45, 2.75) is 47.5 Å². The minimum atomic E-state index is 0.981. The summed E-state index contributed by atoms with van der Waals surface area (Å²) in [5.41, 5.74) is 14.6. The summed E-state index contributed by atoms with van der Waals surface area (Å²) in [6, 6.07) is 26.5. The number of allylic oxidation sites excluding steroid dienone is 5. The first kappa shape index (κ1) is 29.6. The van der Waals surface area contributed by atoms with Crippen LogP contribution in [0.1, 0.15) is 51.7 Å². The van der Waals surface area contributed by atoms with Crippen molar-refractivity contribution in [1.82, 2.24) is 0 Å². The van der Waals surface area contributed by atoms with Gasteiger partial charge in [0.15, 0.2) is 0 Å². The Morgan fingerprint density at radius 1 is 0.872 bits per heavy atom. The van der Waals surface area contributed by atoms with Gasteiger partial charge in [0.05, 0.1) is 0 Å².